The van der Waals surface area contributed by atoms with Gasteiger partial charge in [0.1, 0.15) is 16.4 Å². The molecule has 0 fully saturated rings. The molecule has 22 heavy (non-hydrogen) atoms. The highest BCUT2D eigenvalue weighted by Crippen LogP contribution is 2.21. The van der Waals surface area contributed by atoms with E-state index in [4.69, 9.17) is 0 Å². The Morgan fingerprint density at radius 1 is 1.18 bits per heavy atom. The smallest absolute Gasteiger partial charge is 0.273 e. The highest BCUT2D eigenvalue weighted by molar-refractivity contribution is 7.13. The second kappa shape index (κ2) is 8.58. The number of rotatable bonds is 8. The summed E-state index contributed by atoms with van der Waals surface area (Å²) >= 11 is 1.43. The first-order valence-electron chi connectivity index (χ1n) is 7.77. The van der Waals surface area contributed by atoms with Crippen LogP contribution < -0.4 is 0 Å². The van der Waals surface area contributed by atoms with E-state index in [0.29, 0.717) is 11.4 Å². The molecule has 0 aliphatic rings. The first-order valence-corrected chi connectivity index (χ1v) is 8.65. The maximum absolute atomic E-state index is 12.6. The fourth-order valence-electron chi connectivity index (χ4n) is 2.07. The van der Waals surface area contributed by atoms with Gasteiger partial charge >= 0.3 is 0 Å². The Morgan fingerprint density at radius 2 is 1.91 bits per heavy atom. The molecule has 6 heteroatoms. The zero-order valence-electron chi connectivity index (χ0n) is 13.2. The summed E-state index contributed by atoms with van der Waals surface area (Å²) < 4.78 is 0. The van der Waals surface area contributed by atoms with E-state index in [-0.39, 0.29) is 5.91 Å². The molecular formula is C16H22N4OS. The van der Waals surface area contributed by atoms with Crippen LogP contribution in [0.4, 0.5) is 0 Å². The van der Waals surface area contributed by atoms with E-state index >= 15 is 0 Å². The van der Waals surface area contributed by atoms with Gasteiger partial charge in [-0.2, -0.15) is 0 Å². The topological polar surface area (TPSA) is 59.0 Å². The summed E-state index contributed by atoms with van der Waals surface area (Å²) in [5.74, 6) is 0.0216. The Balaban J connectivity index is 2.11. The molecule has 0 aliphatic carbocycles. The number of amides is 1. The maximum Gasteiger partial charge on any atom is 0.273 e. The van der Waals surface area contributed by atoms with Crippen molar-refractivity contribution < 1.29 is 4.79 Å². The van der Waals surface area contributed by atoms with Crippen LogP contribution in [0.1, 0.15) is 50.0 Å². The number of thiazole rings is 1. The van der Waals surface area contributed by atoms with Crippen LogP contribution in [0.5, 0.6) is 0 Å². The predicted octanol–water partition coefficient (Wildman–Crippen LogP) is 3.64. The maximum atomic E-state index is 12.6. The highest BCUT2D eigenvalue weighted by Gasteiger charge is 2.18. The molecule has 1 amide bonds. The van der Waals surface area contributed by atoms with E-state index in [1.807, 2.05) is 10.3 Å². The first-order chi connectivity index (χ1) is 10.8. The number of unbranched alkanes of at least 4 members (excludes halogenated alkanes) is 2. The van der Waals surface area contributed by atoms with Gasteiger partial charge in [0.05, 0.1) is 6.20 Å². The van der Waals surface area contributed by atoms with Crippen molar-refractivity contribution in [2.45, 2.75) is 39.5 Å². The molecule has 0 aliphatic heterocycles. The molecule has 0 spiro atoms. The van der Waals surface area contributed by atoms with Crippen molar-refractivity contribution in [2.24, 2.45) is 0 Å². The second-order valence-electron chi connectivity index (χ2n) is 5.13. The van der Waals surface area contributed by atoms with Crippen LogP contribution >= 0.6 is 11.3 Å². The summed E-state index contributed by atoms with van der Waals surface area (Å²) in [7, 11) is 0. The normalized spacial score (nSPS) is 10.6. The molecule has 5 nitrogen and oxygen atoms in total. The van der Waals surface area contributed by atoms with Gasteiger partial charge in [-0.15, -0.1) is 11.3 Å². The van der Waals surface area contributed by atoms with Crippen molar-refractivity contribution in [2.75, 3.05) is 13.1 Å². The monoisotopic (exact) mass is 318 g/mol. The van der Waals surface area contributed by atoms with E-state index in [1.165, 1.54) is 11.3 Å². The summed E-state index contributed by atoms with van der Waals surface area (Å²) in [6.45, 7) is 5.87. The number of aromatic nitrogens is 3. The minimum Gasteiger partial charge on any atom is -0.337 e. The van der Waals surface area contributed by atoms with E-state index < -0.39 is 0 Å². The number of carbonyl (C=O) groups excluding carboxylic acids is 1. The molecule has 118 valence electrons. The lowest BCUT2D eigenvalue weighted by molar-refractivity contribution is 0.0746. The molecule has 2 rings (SSSR count). The highest BCUT2D eigenvalue weighted by atomic mass is 32.1. The molecule has 0 saturated heterocycles. The van der Waals surface area contributed by atoms with Gasteiger partial charge in [-0.3, -0.25) is 14.8 Å². The van der Waals surface area contributed by atoms with Crippen molar-refractivity contribution in [3.63, 3.8) is 0 Å². The average Bonchev–Trinajstić information content (AvgIpc) is 3.05. The summed E-state index contributed by atoms with van der Waals surface area (Å²) in [6.07, 6.45) is 9.13. The lowest BCUT2D eigenvalue weighted by Crippen LogP contribution is -2.33. The molecule has 0 radical (unpaired) electrons. The Kier molecular flexibility index (Phi) is 6.45. The van der Waals surface area contributed by atoms with Crippen molar-refractivity contribution in [3.8, 4) is 10.7 Å². The quantitative estimate of drug-likeness (QED) is 0.745. The largest absolute Gasteiger partial charge is 0.337 e. The van der Waals surface area contributed by atoms with Crippen LogP contribution in [0, 0.1) is 0 Å². The lowest BCUT2D eigenvalue weighted by atomic mass is 10.2. The number of hydrogen-bond acceptors (Lipinski definition) is 5. The summed E-state index contributed by atoms with van der Waals surface area (Å²) in [5.41, 5.74) is 1.22. The predicted molar refractivity (Wildman–Crippen MR) is 88.9 cm³/mol. The summed E-state index contributed by atoms with van der Waals surface area (Å²) in [6, 6.07) is 0. The fourth-order valence-corrected chi connectivity index (χ4v) is 2.83. The van der Waals surface area contributed by atoms with Gasteiger partial charge in [-0.25, -0.2) is 4.98 Å². The van der Waals surface area contributed by atoms with E-state index in [2.05, 4.69) is 28.8 Å². The van der Waals surface area contributed by atoms with Gasteiger partial charge in [-0.05, 0) is 12.8 Å². The van der Waals surface area contributed by atoms with Crippen LogP contribution in [0.15, 0.2) is 24.0 Å². The summed E-state index contributed by atoms with van der Waals surface area (Å²) in [5, 5.41) is 2.56. The Morgan fingerprint density at radius 3 is 2.50 bits per heavy atom. The third-order valence-electron chi connectivity index (χ3n) is 3.36. The van der Waals surface area contributed by atoms with Gasteiger partial charge in [0, 0.05) is 30.9 Å². The fraction of sp³-hybridized carbons (Fsp3) is 0.500. The average molecular weight is 318 g/mol. The standard InChI is InChI=1S/C16H22N4OS/c1-3-5-9-20(10-6-4-2)16(21)14-12-22-15(19-14)13-11-17-7-8-18-13/h7-8,11-12H,3-6,9-10H2,1-2H3. The second-order valence-corrected chi connectivity index (χ2v) is 5.99. The molecule has 0 aromatic carbocycles. The van der Waals surface area contributed by atoms with Crippen LogP contribution in [-0.2, 0) is 0 Å². The third-order valence-corrected chi connectivity index (χ3v) is 4.22. The van der Waals surface area contributed by atoms with Crippen LogP contribution in [0.25, 0.3) is 10.7 Å². The van der Waals surface area contributed by atoms with Gasteiger partial charge < -0.3 is 4.90 Å². The number of hydrogen-bond donors (Lipinski definition) is 0. The van der Waals surface area contributed by atoms with E-state index in [9.17, 15) is 4.79 Å². The molecule has 0 atom stereocenters. The van der Waals surface area contributed by atoms with Crippen LogP contribution in [0.3, 0.4) is 0 Å². The van der Waals surface area contributed by atoms with E-state index in [1.54, 1.807) is 18.6 Å². The Bertz CT molecular complexity index is 577. The zero-order chi connectivity index (χ0) is 15.8. The van der Waals surface area contributed by atoms with E-state index in [0.717, 1.165) is 43.8 Å². The molecule has 2 aromatic heterocycles. The third kappa shape index (κ3) is 4.34. The zero-order valence-corrected chi connectivity index (χ0v) is 14.0. The van der Waals surface area contributed by atoms with Crippen molar-refractivity contribution >= 4 is 17.2 Å². The molecule has 0 bridgehead atoms. The van der Waals surface area contributed by atoms with Crippen LogP contribution in [0.2, 0.25) is 0 Å². The molecule has 0 saturated carbocycles. The van der Waals surface area contributed by atoms with Gasteiger partial charge in [-0.1, -0.05) is 26.7 Å². The molecule has 2 aromatic rings. The van der Waals surface area contributed by atoms with Crippen molar-refractivity contribution in [1.29, 1.82) is 0 Å². The summed E-state index contributed by atoms with van der Waals surface area (Å²) in [4.78, 5) is 27.3. The molecule has 0 N–H and O–H groups in total. The van der Waals surface area contributed by atoms with Gasteiger partial charge in [0.2, 0.25) is 0 Å². The molecule has 2 heterocycles. The van der Waals surface area contributed by atoms with Crippen molar-refractivity contribution in [1.82, 2.24) is 19.9 Å². The van der Waals surface area contributed by atoms with Crippen LogP contribution in [-0.4, -0.2) is 38.8 Å². The van der Waals surface area contributed by atoms with Gasteiger partial charge in [0.25, 0.3) is 5.91 Å². The number of carbonyl (C=O) groups is 1. The minimum atomic E-state index is 0.0216. The SMILES string of the molecule is CCCCN(CCCC)C(=O)c1csc(-c2cnccn2)n1. The molecular weight excluding hydrogens is 296 g/mol. The number of nitrogens with zero attached hydrogens (tertiary/aromatic N) is 4. The molecule has 0 unspecified atom stereocenters. The lowest BCUT2D eigenvalue weighted by Gasteiger charge is -2.21. The minimum absolute atomic E-state index is 0.0216. The Labute approximate surface area is 135 Å². The van der Waals surface area contributed by atoms with Gasteiger partial charge in [0.15, 0.2) is 0 Å². The van der Waals surface area contributed by atoms with Crippen molar-refractivity contribution in [3.05, 3.63) is 29.7 Å². The Hall–Kier alpha value is -1.82. The first kappa shape index (κ1) is 16.5.